The molecule has 122 valence electrons. The third-order valence-electron chi connectivity index (χ3n) is 3.34. The Morgan fingerprint density at radius 1 is 1.24 bits per heavy atom. The van der Waals surface area contributed by atoms with Crippen molar-refractivity contribution < 1.29 is 24.0 Å². The van der Waals surface area contributed by atoms with Gasteiger partial charge in [0.05, 0.1) is 19.7 Å². The summed E-state index contributed by atoms with van der Waals surface area (Å²) in [6, 6.07) is 0. The largest absolute Gasteiger partial charge is 0.514 e. The Balaban J connectivity index is 2.23. The molecule has 21 heavy (non-hydrogen) atoms. The standard InChI is InChI=1S/C14H23Br2NO4/c1-14(2,3)21-13(19)17-7-4-10(5-8-17)6-9-20-12(18)11(15)16/h10-11H,4-9H2,1-3H3/p+1. The number of carbonyl (C=O) groups is 2. The zero-order valence-electron chi connectivity index (χ0n) is 12.8. The Kier molecular flexibility index (Phi) is 7.64. The van der Waals surface area contributed by atoms with Gasteiger partial charge in [0.1, 0.15) is 5.60 Å². The normalized spacial score (nSPS) is 23.0. The lowest BCUT2D eigenvalue weighted by Crippen LogP contribution is -3.15. The number of alkyl halides is 2. The number of hydrogen-bond acceptors (Lipinski definition) is 4. The first kappa shape index (κ1) is 18.9. The highest BCUT2D eigenvalue weighted by molar-refractivity contribution is 9.25. The molecule has 0 bridgehead atoms. The van der Waals surface area contributed by atoms with Crippen molar-refractivity contribution in [3.05, 3.63) is 0 Å². The van der Waals surface area contributed by atoms with Crippen LogP contribution in [-0.2, 0) is 14.3 Å². The summed E-state index contributed by atoms with van der Waals surface area (Å²) in [4.78, 5) is 24.1. The van der Waals surface area contributed by atoms with E-state index in [1.165, 1.54) is 0 Å². The van der Waals surface area contributed by atoms with E-state index >= 15 is 0 Å². The van der Waals surface area contributed by atoms with Gasteiger partial charge in [-0.3, -0.25) is 0 Å². The van der Waals surface area contributed by atoms with Crippen LogP contribution in [0.4, 0.5) is 4.79 Å². The first-order chi connectivity index (χ1) is 9.69. The van der Waals surface area contributed by atoms with E-state index in [1.807, 2.05) is 20.8 Å². The smallest absolute Gasteiger partial charge is 0.464 e. The minimum absolute atomic E-state index is 0.159. The monoisotopic (exact) mass is 428 g/mol. The van der Waals surface area contributed by atoms with Crippen molar-refractivity contribution in [1.29, 1.82) is 0 Å². The van der Waals surface area contributed by atoms with Gasteiger partial charge in [-0.05, 0) is 33.1 Å². The van der Waals surface area contributed by atoms with Gasteiger partial charge in [-0.2, -0.15) is 4.79 Å². The maximum absolute atomic E-state index is 12.0. The average molecular weight is 430 g/mol. The van der Waals surface area contributed by atoms with Gasteiger partial charge in [-0.1, -0.05) is 31.9 Å². The number of nitrogens with one attached hydrogen (secondary N) is 1. The van der Waals surface area contributed by atoms with Crippen LogP contribution in [0.1, 0.15) is 40.0 Å². The molecule has 0 atom stereocenters. The van der Waals surface area contributed by atoms with Gasteiger partial charge in [0.15, 0.2) is 3.74 Å². The Hall–Kier alpha value is -0.140. The fourth-order valence-electron chi connectivity index (χ4n) is 2.26. The lowest BCUT2D eigenvalue weighted by Gasteiger charge is -2.29. The quantitative estimate of drug-likeness (QED) is 0.550. The van der Waals surface area contributed by atoms with Gasteiger partial charge in [0.2, 0.25) is 0 Å². The van der Waals surface area contributed by atoms with E-state index in [0.717, 1.165) is 37.3 Å². The minimum Gasteiger partial charge on any atom is -0.464 e. The topological polar surface area (TPSA) is 57.0 Å². The van der Waals surface area contributed by atoms with Gasteiger partial charge in [0.25, 0.3) is 0 Å². The summed E-state index contributed by atoms with van der Waals surface area (Å²) in [6.45, 7) is 7.64. The molecule has 0 aromatic carbocycles. The minimum atomic E-state index is -0.441. The third kappa shape index (κ3) is 7.61. The number of piperidine rings is 1. The number of quaternary nitrogens is 1. The second-order valence-corrected chi connectivity index (χ2v) is 9.37. The number of likely N-dealkylation sites (tertiary alicyclic amines) is 1. The maximum atomic E-state index is 12.0. The van der Waals surface area contributed by atoms with Crippen LogP contribution >= 0.6 is 31.9 Å². The number of halogens is 2. The van der Waals surface area contributed by atoms with Crippen LogP contribution < -0.4 is 4.90 Å². The number of esters is 1. The van der Waals surface area contributed by atoms with E-state index in [1.54, 1.807) is 0 Å². The van der Waals surface area contributed by atoms with E-state index in [9.17, 15) is 9.59 Å². The molecular weight excluding hydrogens is 406 g/mol. The summed E-state index contributed by atoms with van der Waals surface area (Å²) in [5, 5.41) is 0. The number of alkyl carbamates (subject to hydrolysis) is 2. The van der Waals surface area contributed by atoms with Crippen molar-refractivity contribution in [1.82, 2.24) is 0 Å². The van der Waals surface area contributed by atoms with E-state index in [2.05, 4.69) is 31.9 Å². The molecular formula is C14H24Br2NO4+. The summed E-state index contributed by atoms with van der Waals surface area (Å²) in [5.41, 5.74) is -0.433. The van der Waals surface area contributed by atoms with Crippen LogP contribution in [-0.4, -0.2) is 41.1 Å². The molecule has 1 aliphatic heterocycles. The number of carbonyl (C=O) groups excluding carboxylic acids is 2. The summed E-state index contributed by atoms with van der Waals surface area (Å²) in [5.74, 6) is 0.208. The van der Waals surface area contributed by atoms with Gasteiger partial charge >= 0.3 is 12.1 Å². The average Bonchev–Trinajstić information content (AvgIpc) is 2.37. The highest BCUT2D eigenvalue weighted by atomic mass is 79.9. The first-order valence-electron chi connectivity index (χ1n) is 7.22. The van der Waals surface area contributed by atoms with Crippen molar-refractivity contribution in [2.75, 3.05) is 19.7 Å². The van der Waals surface area contributed by atoms with E-state index in [0.29, 0.717) is 12.5 Å². The van der Waals surface area contributed by atoms with Crippen molar-refractivity contribution >= 4 is 43.9 Å². The summed E-state index contributed by atoms with van der Waals surface area (Å²) < 4.78 is 10.1. The molecule has 0 aliphatic carbocycles. The second-order valence-electron chi connectivity index (χ2n) is 6.31. The van der Waals surface area contributed by atoms with Gasteiger partial charge in [0, 0.05) is 12.8 Å². The zero-order chi connectivity index (χ0) is 16.0. The molecule has 0 saturated carbocycles. The number of rotatable bonds is 4. The summed E-state index contributed by atoms with van der Waals surface area (Å²) >= 11 is 6.20. The lowest BCUT2D eigenvalue weighted by atomic mass is 9.94. The molecule has 1 rings (SSSR count). The van der Waals surface area contributed by atoms with Crippen LogP contribution in [0.3, 0.4) is 0 Å². The zero-order valence-corrected chi connectivity index (χ0v) is 16.0. The molecule has 7 heteroatoms. The SMILES string of the molecule is CC(C)(C)OC(=O)[NH+]1CCC(CCOC(=O)C(Br)Br)CC1. The van der Waals surface area contributed by atoms with Crippen LogP contribution in [0.2, 0.25) is 0 Å². The van der Waals surface area contributed by atoms with E-state index in [4.69, 9.17) is 9.47 Å². The van der Waals surface area contributed by atoms with Gasteiger partial charge in [-0.25, -0.2) is 9.69 Å². The molecule has 0 aromatic heterocycles. The third-order valence-corrected chi connectivity index (χ3v) is 4.09. The molecule has 0 spiro atoms. The first-order valence-corrected chi connectivity index (χ1v) is 9.05. The maximum Gasteiger partial charge on any atom is 0.514 e. The Bertz CT molecular complexity index is 360. The molecule has 1 heterocycles. The van der Waals surface area contributed by atoms with Crippen molar-refractivity contribution in [2.24, 2.45) is 5.92 Å². The highest BCUT2D eigenvalue weighted by Crippen LogP contribution is 2.16. The summed E-state index contributed by atoms with van der Waals surface area (Å²) in [6.07, 6.45) is 2.60. The van der Waals surface area contributed by atoms with Crippen molar-refractivity contribution in [3.8, 4) is 0 Å². The molecule has 5 nitrogen and oxygen atoms in total. The van der Waals surface area contributed by atoms with Crippen LogP contribution in [0.25, 0.3) is 0 Å². The molecule has 1 saturated heterocycles. The fourth-order valence-corrected chi connectivity index (χ4v) is 2.52. The molecule has 1 aliphatic rings. The number of amides is 1. The van der Waals surface area contributed by atoms with E-state index < -0.39 is 9.34 Å². The highest BCUT2D eigenvalue weighted by Gasteiger charge is 2.31. The van der Waals surface area contributed by atoms with Crippen molar-refractivity contribution in [3.63, 3.8) is 0 Å². The van der Waals surface area contributed by atoms with Gasteiger partial charge < -0.3 is 9.47 Å². The van der Waals surface area contributed by atoms with Crippen LogP contribution in [0, 0.1) is 5.92 Å². The molecule has 0 unspecified atom stereocenters. The van der Waals surface area contributed by atoms with Crippen molar-refractivity contribution in [2.45, 2.75) is 49.4 Å². The van der Waals surface area contributed by atoms with Crippen LogP contribution in [0.5, 0.6) is 0 Å². The predicted molar refractivity (Wildman–Crippen MR) is 86.9 cm³/mol. The van der Waals surface area contributed by atoms with Crippen LogP contribution in [0.15, 0.2) is 0 Å². The predicted octanol–water partition coefficient (Wildman–Crippen LogP) is 2.27. The Morgan fingerprint density at radius 3 is 2.29 bits per heavy atom. The molecule has 1 amide bonds. The number of ether oxygens (including phenoxy) is 2. The van der Waals surface area contributed by atoms with Gasteiger partial charge in [-0.15, -0.1) is 0 Å². The fraction of sp³-hybridized carbons (Fsp3) is 0.857. The molecule has 0 aromatic rings. The van der Waals surface area contributed by atoms with E-state index in [-0.39, 0.29) is 12.1 Å². The molecule has 0 radical (unpaired) electrons. The lowest BCUT2D eigenvalue weighted by molar-refractivity contribution is -0.832. The second kappa shape index (κ2) is 8.48. The Morgan fingerprint density at radius 2 is 1.81 bits per heavy atom. The Labute approximate surface area is 143 Å². The number of hydrogen-bond donors (Lipinski definition) is 1. The molecule has 1 fully saturated rings. The summed E-state index contributed by atoms with van der Waals surface area (Å²) in [7, 11) is 0. The molecule has 1 N–H and O–H groups in total.